The number of aldehydes is 1. The molecule has 2 rings (SSSR count). The topological polar surface area (TPSA) is 17.1 Å². The molecule has 1 nitrogen and oxygen atoms in total. The van der Waals surface area contributed by atoms with Crippen molar-refractivity contribution in [2.24, 2.45) is 0 Å². The first-order chi connectivity index (χ1) is 8.11. The van der Waals surface area contributed by atoms with Crippen molar-refractivity contribution in [3.05, 3.63) is 58.6 Å². The van der Waals surface area contributed by atoms with Gasteiger partial charge in [0.25, 0.3) is 0 Å². The van der Waals surface area contributed by atoms with E-state index in [0.717, 1.165) is 18.2 Å². The van der Waals surface area contributed by atoms with Gasteiger partial charge in [-0.25, -0.2) is 8.78 Å². The lowest BCUT2D eigenvalue weighted by atomic mass is 10.00. The van der Waals surface area contributed by atoms with Crippen LogP contribution in [0.2, 0.25) is 5.02 Å². The molecule has 0 N–H and O–H groups in total. The van der Waals surface area contributed by atoms with Gasteiger partial charge in [0.2, 0.25) is 0 Å². The van der Waals surface area contributed by atoms with Gasteiger partial charge in [-0.1, -0.05) is 11.6 Å². The molecule has 0 aliphatic carbocycles. The molecule has 0 aromatic heterocycles. The maximum absolute atomic E-state index is 13.7. The predicted molar refractivity (Wildman–Crippen MR) is 62.2 cm³/mol. The van der Waals surface area contributed by atoms with Crippen LogP contribution in [0.4, 0.5) is 8.78 Å². The van der Waals surface area contributed by atoms with Gasteiger partial charge in [-0.3, -0.25) is 4.79 Å². The third-order valence-corrected chi connectivity index (χ3v) is 2.60. The van der Waals surface area contributed by atoms with Crippen LogP contribution in [0.3, 0.4) is 0 Å². The SMILES string of the molecule is O=Cc1ccc(F)cc1-c1ccc(Cl)cc1F. The normalized spacial score (nSPS) is 10.3. The summed E-state index contributed by atoms with van der Waals surface area (Å²) in [5.41, 5.74) is 0.595. The van der Waals surface area contributed by atoms with Crippen LogP contribution in [0.15, 0.2) is 36.4 Å². The van der Waals surface area contributed by atoms with Crippen LogP contribution >= 0.6 is 11.6 Å². The molecular formula is C13H7ClF2O. The van der Waals surface area contributed by atoms with E-state index in [1.54, 1.807) is 0 Å². The van der Waals surface area contributed by atoms with Crippen molar-refractivity contribution in [2.45, 2.75) is 0 Å². The molecule has 0 aliphatic heterocycles. The molecule has 2 aromatic carbocycles. The fourth-order valence-corrected chi connectivity index (χ4v) is 1.73. The first-order valence-corrected chi connectivity index (χ1v) is 5.20. The van der Waals surface area contributed by atoms with Gasteiger partial charge in [-0.05, 0) is 42.0 Å². The second-order valence-electron chi connectivity index (χ2n) is 3.47. The van der Waals surface area contributed by atoms with E-state index in [1.807, 2.05) is 0 Å². The molecule has 4 heteroatoms. The quantitative estimate of drug-likeness (QED) is 0.736. The van der Waals surface area contributed by atoms with Crippen LogP contribution in [0.25, 0.3) is 11.1 Å². The predicted octanol–water partition coefficient (Wildman–Crippen LogP) is 4.10. The second kappa shape index (κ2) is 4.63. The van der Waals surface area contributed by atoms with E-state index in [0.29, 0.717) is 6.29 Å². The highest BCUT2D eigenvalue weighted by Crippen LogP contribution is 2.28. The highest BCUT2D eigenvalue weighted by molar-refractivity contribution is 6.30. The van der Waals surface area contributed by atoms with Crippen LogP contribution in [-0.4, -0.2) is 6.29 Å². The fourth-order valence-electron chi connectivity index (χ4n) is 1.57. The van der Waals surface area contributed by atoms with Gasteiger partial charge in [-0.2, -0.15) is 0 Å². The third-order valence-electron chi connectivity index (χ3n) is 2.36. The maximum atomic E-state index is 13.7. The zero-order valence-electron chi connectivity index (χ0n) is 8.58. The average Bonchev–Trinajstić information content (AvgIpc) is 2.29. The largest absolute Gasteiger partial charge is 0.298 e. The lowest BCUT2D eigenvalue weighted by Gasteiger charge is -2.07. The van der Waals surface area contributed by atoms with Crippen LogP contribution in [0.5, 0.6) is 0 Å². The summed E-state index contributed by atoms with van der Waals surface area (Å²) in [5.74, 6) is -1.12. The van der Waals surface area contributed by atoms with E-state index in [-0.39, 0.29) is 21.7 Å². The molecule has 0 spiro atoms. The molecular weight excluding hydrogens is 246 g/mol. The second-order valence-corrected chi connectivity index (χ2v) is 3.91. The zero-order chi connectivity index (χ0) is 12.4. The number of rotatable bonds is 2. The minimum Gasteiger partial charge on any atom is -0.298 e. The number of hydrogen-bond acceptors (Lipinski definition) is 1. The minimum absolute atomic E-state index is 0.149. The summed E-state index contributed by atoms with van der Waals surface area (Å²) in [5, 5.41) is 0.246. The van der Waals surface area contributed by atoms with E-state index in [1.165, 1.54) is 18.2 Å². The smallest absolute Gasteiger partial charge is 0.150 e. The Kier molecular flexibility index (Phi) is 3.20. The highest BCUT2D eigenvalue weighted by atomic mass is 35.5. The Hall–Kier alpha value is -1.74. The average molecular weight is 253 g/mol. The lowest BCUT2D eigenvalue weighted by Crippen LogP contribution is -1.92. The van der Waals surface area contributed by atoms with Crippen LogP contribution in [-0.2, 0) is 0 Å². The molecule has 0 heterocycles. The monoisotopic (exact) mass is 252 g/mol. The summed E-state index contributed by atoms with van der Waals surface area (Å²) in [4.78, 5) is 10.8. The molecule has 0 unspecified atom stereocenters. The Morgan fingerprint density at radius 3 is 2.41 bits per heavy atom. The standard InChI is InChI=1S/C13H7ClF2O/c14-9-2-4-11(13(16)5-9)12-6-10(15)3-1-8(12)7-17/h1-7H. The number of carbonyl (C=O) groups excluding carboxylic acids is 1. The van der Waals surface area contributed by atoms with Gasteiger partial charge >= 0.3 is 0 Å². The van der Waals surface area contributed by atoms with E-state index in [9.17, 15) is 13.6 Å². The van der Waals surface area contributed by atoms with Crippen LogP contribution in [0.1, 0.15) is 10.4 Å². The minimum atomic E-state index is -0.591. The van der Waals surface area contributed by atoms with Gasteiger partial charge in [0.15, 0.2) is 6.29 Å². The van der Waals surface area contributed by atoms with E-state index in [2.05, 4.69) is 0 Å². The zero-order valence-corrected chi connectivity index (χ0v) is 9.34. The molecule has 0 bridgehead atoms. The van der Waals surface area contributed by atoms with Crippen molar-refractivity contribution in [3.8, 4) is 11.1 Å². The molecule has 0 saturated heterocycles. The van der Waals surface area contributed by atoms with Gasteiger partial charge in [0, 0.05) is 16.1 Å². The Morgan fingerprint density at radius 1 is 1.00 bits per heavy atom. The summed E-state index contributed by atoms with van der Waals surface area (Å²) >= 11 is 5.63. The van der Waals surface area contributed by atoms with Crippen LogP contribution in [0, 0.1) is 11.6 Å². The van der Waals surface area contributed by atoms with Crippen LogP contribution < -0.4 is 0 Å². The van der Waals surface area contributed by atoms with E-state index in [4.69, 9.17) is 11.6 Å². The number of hydrogen-bond donors (Lipinski definition) is 0. The van der Waals surface area contributed by atoms with Crippen molar-refractivity contribution in [2.75, 3.05) is 0 Å². The number of carbonyl (C=O) groups is 1. The summed E-state index contributed by atoms with van der Waals surface area (Å²) < 4.78 is 26.8. The maximum Gasteiger partial charge on any atom is 0.150 e. The summed E-state index contributed by atoms with van der Waals surface area (Å²) in [6.07, 6.45) is 0.558. The molecule has 0 radical (unpaired) electrons. The molecule has 0 aliphatic rings. The Balaban J connectivity index is 2.66. The number of benzene rings is 2. The summed E-state index contributed by atoms with van der Waals surface area (Å²) in [6.45, 7) is 0. The first kappa shape index (κ1) is 11.7. The fraction of sp³-hybridized carbons (Fsp3) is 0. The Bertz CT molecular complexity index is 582. The van der Waals surface area contributed by atoms with E-state index < -0.39 is 11.6 Å². The van der Waals surface area contributed by atoms with Crippen molar-refractivity contribution >= 4 is 17.9 Å². The molecule has 17 heavy (non-hydrogen) atoms. The Labute approximate surface area is 102 Å². The van der Waals surface area contributed by atoms with Gasteiger partial charge in [0.05, 0.1) is 0 Å². The first-order valence-electron chi connectivity index (χ1n) is 4.82. The van der Waals surface area contributed by atoms with Crippen molar-refractivity contribution < 1.29 is 13.6 Å². The molecule has 86 valence electrons. The highest BCUT2D eigenvalue weighted by Gasteiger charge is 2.11. The molecule has 0 fully saturated rings. The van der Waals surface area contributed by atoms with Gasteiger partial charge in [-0.15, -0.1) is 0 Å². The van der Waals surface area contributed by atoms with Crippen molar-refractivity contribution in [1.82, 2.24) is 0 Å². The van der Waals surface area contributed by atoms with Gasteiger partial charge in [0.1, 0.15) is 11.6 Å². The Morgan fingerprint density at radius 2 is 1.76 bits per heavy atom. The molecule has 0 amide bonds. The molecule has 2 aromatic rings. The molecule has 0 atom stereocenters. The summed E-state index contributed by atoms with van der Waals surface area (Å²) in [7, 11) is 0. The summed E-state index contributed by atoms with van der Waals surface area (Å²) in [6, 6.07) is 7.61. The van der Waals surface area contributed by atoms with Crippen molar-refractivity contribution in [3.63, 3.8) is 0 Å². The molecule has 0 saturated carbocycles. The third kappa shape index (κ3) is 2.34. The van der Waals surface area contributed by atoms with Gasteiger partial charge < -0.3 is 0 Å². The lowest BCUT2D eigenvalue weighted by molar-refractivity contribution is 0.112. The number of halogens is 3. The van der Waals surface area contributed by atoms with Crippen molar-refractivity contribution in [1.29, 1.82) is 0 Å². The van der Waals surface area contributed by atoms with E-state index >= 15 is 0 Å².